The average Bonchev–Trinajstić information content (AvgIpc) is 2.40. The van der Waals surface area contributed by atoms with E-state index in [-0.39, 0.29) is 29.1 Å². The van der Waals surface area contributed by atoms with E-state index < -0.39 is 13.1 Å². The summed E-state index contributed by atoms with van der Waals surface area (Å²) in [6.45, 7) is 2.36. The van der Waals surface area contributed by atoms with Gasteiger partial charge in [0, 0.05) is 6.92 Å². The molecule has 0 bridgehead atoms. The van der Waals surface area contributed by atoms with E-state index in [9.17, 15) is 19.7 Å². The van der Waals surface area contributed by atoms with Gasteiger partial charge in [-0.1, -0.05) is 6.07 Å². The Hall–Kier alpha value is -2.22. The van der Waals surface area contributed by atoms with Crippen molar-refractivity contribution in [1.82, 2.24) is 4.90 Å². The van der Waals surface area contributed by atoms with Crippen molar-refractivity contribution in [2.24, 2.45) is 0 Å². The molecule has 1 aromatic carbocycles. The Bertz CT molecular complexity index is 628. The van der Waals surface area contributed by atoms with Gasteiger partial charge in [0.05, 0.1) is 13.1 Å². The van der Waals surface area contributed by atoms with Gasteiger partial charge in [-0.2, -0.15) is 0 Å². The molecule has 0 aromatic heterocycles. The Labute approximate surface area is 127 Å². The summed E-state index contributed by atoms with van der Waals surface area (Å²) in [7, 11) is -1.00. The van der Waals surface area contributed by atoms with Crippen molar-refractivity contribution >= 4 is 19.0 Å². The second-order valence-corrected chi connectivity index (χ2v) is 5.51. The highest BCUT2D eigenvalue weighted by Gasteiger charge is 2.34. The molecule has 7 nitrogen and oxygen atoms in total. The molecule has 116 valence electrons. The first kappa shape index (κ1) is 14.7. The number of carbonyl (C=O) groups is 2. The molecule has 1 aromatic rings. The van der Waals surface area contributed by atoms with Crippen molar-refractivity contribution in [3.63, 3.8) is 0 Å². The summed E-state index contributed by atoms with van der Waals surface area (Å²) in [4.78, 5) is 24.3. The number of carboxylic acids is 1. The zero-order chi connectivity index (χ0) is 15.9. The number of fused-ring (bicyclic) bond motifs is 1. The fraction of sp³-hybridized carbons (Fsp3) is 0.429. The Morgan fingerprint density at radius 1 is 1.41 bits per heavy atom. The molecule has 1 fully saturated rings. The Kier molecular flexibility index (Phi) is 3.70. The molecule has 0 saturated carbocycles. The largest absolute Gasteiger partial charge is 0.535 e. The monoisotopic (exact) mass is 305 g/mol. The minimum atomic E-state index is -1.16. The number of hydrogen-bond donors (Lipinski definition) is 2. The summed E-state index contributed by atoms with van der Waals surface area (Å²) < 4.78 is 11.0. The van der Waals surface area contributed by atoms with E-state index in [1.54, 1.807) is 17.0 Å². The number of hydrogen-bond acceptors (Lipinski definition) is 5. The molecule has 3 rings (SSSR count). The van der Waals surface area contributed by atoms with E-state index in [1.807, 2.05) is 0 Å². The maximum absolute atomic E-state index is 11.6. The molecule has 1 amide bonds. The number of ether oxygens (including phenoxy) is 1. The lowest BCUT2D eigenvalue weighted by molar-refractivity contribution is -0.137. The van der Waals surface area contributed by atoms with Crippen LogP contribution >= 0.6 is 0 Å². The molecule has 2 aliphatic heterocycles. The van der Waals surface area contributed by atoms with Crippen molar-refractivity contribution < 1.29 is 29.1 Å². The van der Waals surface area contributed by atoms with Crippen LogP contribution in [0.2, 0.25) is 6.32 Å². The maximum atomic E-state index is 11.6. The number of carboxylic acid groups (broad SMARTS) is 1. The van der Waals surface area contributed by atoms with Crippen LogP contribution in [0, 0.1) is 0 Å². The molecule has 2 heterocycles. The predicted octanol–water partition coefficient (Wildman–Crippen LogP) is 0.410. The van der Waals surface area contributed by atoms with Gasteiger partial charge >= 0.3 is 13.1 Å². The second-order valence-electron chi connectivity index (χ2n) is 5.51. The van der Waals surface area contributed by atoms with Crippen molar-refractivity contribution in [2.45, 2.75) is 25.8 Å². The van der Waals surface area contributed by atoms with Crippen LogP contribution in [0.15, 0.2) is 12.1 Å². The minimum Gasteiger partial charge on any atom is -0.535 e. The zero-order valence-corrected chi connectivity index (χ0v) is 12.1. The third-order valence-corrected chi connectivity index (χ3v) is 3.92. The zero-order valence-electron chi connectivity index (χ0n) is 12.1. The highest BCUT2D eigenvalue weighted by Crippen LogP contribution is 2.37. The summed E-state index contributed by atoms with van der Waals surface area (Å²) in [5.74, 6) is -0.820. The van der Waals surface area contributed by atoms with Gasteiger partial charge in [-0.15, -0.1) is 0 Å². The van der Waals surface area contributed by atoms with Crippen LogP contribution in [0.1, 0.15) is 22.8 Å². The van der Waals surface area contributed by atoms with Crippen LogP contribution in [-0.2, 0) is 11.2 Å². The van der Waals surface area contributed by atoms with Crippen LogP contribution in [0.4, 0.5) is 0 Å². The topological polar surface area (TPSA) is 96.3 Å². The van der Waals surface area contributed by atoms with E-state index >= 15 is 0 Å². The number of aryl methyl sites for hydroxylation is 1. The van der Waals surface area contributed by atoms with E-state index in [4.69, 9.17) is 9.39 Å². The number of aromatic carboxylic acids is 1. The van der Waals surface area contributed by atoms with Crippen LogP contribution in [0.25, 0.3) is 0 Å². The highest BCUT2D eigenvalue weighted by atomic mass is 16.5. The van der Waals surface area contributed by atoms with E-state index in [1.165, 1.54) is 6.92 Å². The van der Waals surface area contributed by atoms with E-state index in [0.717, 1.165) is 5.56 Å². The van der Waals surface area contributed by atoms with Crippen molar-refractivity contribution in [3.8, 4) is 11.5 Å². The lowest BCUT2D eigenvalue weighted by atomic mass is 9.78. The molecular formula is C14H16BNO6. The third kappa shape index (κ3) is 2.61. The lowest BCUT2D eigenvalue weighted by Crippen LogP contribution is -2.55. The maximum Gasteiger partial charge on any atom is 0.522 e. The summed E-state index contributed by atoms with van der Waals surface area (Å²) >= 11 is 0. The number of rotatable bonds is 3. The summed E-state index contributed by atoms with van der Waals surface area (Å²) in [5.41, 5.74) is 0.673. The van der Waals surface area contributed by atoms with Gasteiger partial charge < -0.3 is 24.4 Å². The molecule has 2 aliphatic rings. The van der Waals surface area contributed by atoms with Gasteiger partial charge in [0.1, 0.15) is 23.2 Å². The molecule has 0 aliphatic carbocycles. The first-order valence-corrected chi connectivity index (χ1v) is 7.11. The average molecular weight is 305 g/mol. The molecule has 0 unspecified atom stereocenters. The Balaban J connectivity index is 1.84. The molecule has 0 spiro atoms. The fourth-order valence-corrected chi connectivity index (χ4v) is 2.66. The summed E-state index contributed by atoms with van der Waals surface area (Å²) in [6, 6.07) is 3.37. The normalized spacial score (nSPS) is 17.4. The molecule has 2 N–H and O–H groups in total. The SMILES string of the molecule is CC(=O)N1CC(Oc2ccc3c(c2C(=O)O)OB(O)CC3)C1. The number of amides is 1. The number of benzene rings is 1. The van der Waals surface area contributed by atoms with Crippen LogP contribution in [-0.4, -0.2) is 53.2 Å². The van der Waals surface area contributed by atoms with Gasteiger partial charge in [-0.25, -0.2) is 4.79 Å². The van der Waals surface area contributed by atoms with Crippen LogP contribution in [0.3, 0.4) is 0 Å². The van der Waals surface area contributed by atoms with Gasteiger partial charge in [-0.05, 0) is 24.4 Å². The molecule has 0 atom stereocenters. The van der Waals surface area contributed by atoms with Crippen molar-refractivity contribution in [2.75, 3.05) is 13.1 Å². The van der Waals surface area contributed by atoms with Crippen LogP contribution < -0.4 is 9.39 Å². The second kappa shape index (κ2) is 5.53. The number of nitrogens with zero attached hydrogens (tertiary/aromatic N) is 1. The fourth-order valence-electron chi connectivity index (χ4n) is 2.66. The smallest absolute Gasteiger partial charge is 0.522 e. The lowest BCUT2D eigenvalue weighted by Gasteiger charge is -2.38. The Morgan fingerprint density at radius 2 is 2.14 bits per heavy atom. The molecule has 22 heavy (non-hydrogen) atoms. The molecule has 1 saturated heterocycles. The van der Waals surface area contributed by atoms with Gasteiger partial charge in [0.25, 0.3) is 0 Å². The van der Waals surface area contributed by atoms with Crippen molar-refractivity contribution in [3.05, 3.63) is 23.3 Å². The summed E-state index contributed by atoms with van der Waals surface area (Å²) in [6.07, 6.45) is 0.759. The van der Waals surface area contributed by atoms with Gasteiger partial charge in [0.15, 0.2) is 0 Å². The van der Waals surface area contributed by atoms with Gasteiger partial charge in [-0.3, -0.25) is 4.79 Å². The molecular weight excluding hydrogens is 289 g/mol. The molecule has 8 heteroatoms. The quantitative estimate of drug-likeness (QED) is 0.785. The highest BCUT2D eigenvalue weighted by molar-refractivity contribution is 6.44. The number of carbonyl (C=O) groups excluding carboxylic acids is 1. The third-order valence-electron chi connectivity index (χ3n) is 3.92. The van der Waals surface area contributed by atoms with Gasteiger partial charge in [0.2, 0.25) is 5.91 Å². The first-order valence-electron chi connectivity index (χ1n) is 7.11. The minimum absolute atomic E-state index is 0.0322. The summed E-state index contributed by atoms with van der Waals surface area (Å²) in [5, 5.41) is 19.0. The van der Waals surface area contributed by atoms with Crippen LogP contribution in [0.5, 0.6) is 11.5 Å². The van der Waals surface area contributed by atoms with E-state index in [0.29, 0.717) is 25.8 Å². The van der Waals surface area contributed by atoms with Crippen molar-refractivity contribution in [1.29, 1.82) is 0 Å². The standard InChI is InChI=1S/C14H16BNO6/c1-8(17)16-6-10(7-16)21-11-3-2-9-4-5-15(20)22-13(9)12(11)14(18)19/h2-3,10,20H,4-7H2,1H3,(H,18,19). The number of likely N-dealkylation sites (tertiary alicyclic amines) is 1. The Morgan fingerprint density at radius 3 is 2.77 bits per heavy atom. The predicted molar refractivity (Wildman–Crippen MR) is 77.2 cm³/mol. The molecule has 0 radical (unpaired) electrons. The van der Waals surface area contributed by atoms with E-state index in [2.05, 4.69) is 0 Å². The first-order chi connectivity index (χ1) is 10.5.